The van der Waals surface area contributed by atoms with Gasteiger partial charge < -0.3 is 9.64 Å². The van der Waals surface area contributed by atoms with E-state index in [1.807, 2.05) is 4.57 Å². The summed E-state index contributed by atoms with van der Waals surface area (Å²) >= 11 is 5.21. The maximum atomic E-state index is 5.31. The molecule has 6 heteroatoms. The van der Waals surface area contributed by atoms with Gasteiger partial charge in [-0.1, -0.05) is 0 Å². The van der Waals surface area contributed by atoms with E-state index in [1.165, 1.54) is 0 Å². The van der Waals surface area contributed by atoms with Crippen molar-refractivity contribution in [3.8, 4) is 0 Å². The highest BCUT2D eigenvalue weighted by molar-refractivity contribution is 7.71. The zero-order valence-corrected chi connectivity index (χ0v) is 9.88. The Morgan fingerprint density at radius 3 is 2.67 bits per heavy atom. The molecule has 0 bridgehead atoms. The van der Waals surface area contributed by atoms with Crippen molar-refractivity contribution in [2.24, 2.45) is 0 Å². The minimum absolute atomic E-state index is 0.328. The molecule has 1 aliphatic heterocycles. The Hall–Kier alpha value is -0.880. The largest absolute Gasteiger partial charge is 0.378 e. The van der Waals surface area contributed by atoms with E-state index in [9.17, 15) is 0 Å². The average molecular weight is 228 g/mol. The van der Waals surface area contributed by atoms with Crippen LogP contribution < -0.4 is 4.90 Å². The van der Waals surface area contributed by atoms with Crippen LogP contribution in [0, 0.1) is 4.77 Å². The van der Waals surface area contributed by atoms with Gasteiger partial charge in [-0.2, -0.15) is 0 Å². The number of anilines is 1. The summed E-state index contributed by atoms with van der Waals surface area (Å²) in [4.78, 5) is 2.20. The van der Waals surface area contributed by atoms with E-state index >= 15 is 0 Å². The molecular formula is C9H16N4OS. The molecule has 0 radical (unpaired) electrons. The molecule has 0 atom stereocenters. The van der Waals surface area contributed by atoms with Crippen molar-refractivity contribution in [3.05, 3.63) is 4.77 Å². The first-order chi connectivity index (χ1) is 7.20. The molecule has 0 aromatic carbocycles. The second-order valence-corrected chi connectivity index (χ2v) is 4.28. The van der Waals surface area contributed by atoms with Crippen molar-refractivity contribution >= 4 is 18.2 Å². The molecule has 0 unspecified atom stereocenters. The van der Waals surface area contributed by atoms with E-state index in [1.54, 1.807) is 0 Å². The van der Waals surface area contributed by atoms with Crippen LogP contribution in [-0.2, 0) is 4.74 Å². The van der Waals surface area contributed by atoms with Crippen molar-refractivity contribution < 1.29 is 4.74 Å². The van der Waals surface area contributed by atoms with E-state index in [0.29, 0.717) is 10.8 Å². The van der Waals surface area contributed by atoms with Gasteiger partial charge in [0.2, 0.25) is 5.95 Å². The Morgan fingerprint density at radius 1 is 1.40 bits per heavy atom. The highest BCUT2D eigenvalue weighted by Gasteiger charge is 2.18. The first kappa shape index (κ1) is 10.6. The smallest absolute Gasteiger partial charge is 0.226 e. The Labute approximate surface area is 94.0 Å². The Morgan fingerprint density at radius 2 is 2.07 bits per heavy atom. The number of nitrogens with one attached hydrogen (secondary N) is 1. The van der Waals surface area contributed by atoms with Gasteiger partial charge in [-0.05, 0) is 26.1 Å². The van der Waals surface area contributed by atoms with Gasteiger partial charge in [0.05, 0.1) is 13.2 Å². The van der Waals surface area contributed by atoms with Crippen LogP contribution in [0.3, 0.4) is 0 Å². The first-order valence-corrected chi connectivity index (χ1v) is 5.60. The van der Waals surface area contributed by atoms with Gasteiger partial charge in [0.1, 0.15) is 0 Å². The third-order valence-corrected chi connectivity index (χ3v) is 2.78. The van der Waals surface area contributed by atoms with Crippen LogP contribution in [0.25, 0.3) is 0 Å². The van der Waals surface area contributed by atoms with Crippen molar-refractivity contribution in [2.75, 3.05) is 31.2 Å². The number of ether oxygens (including phenoxy) is 1. The third-order valence-electron chi connectivity index (χ3n) is 2.50. The molecule has 0 aliphatic carbocycles. The fourth-order valence-corrected chi connectivity index (χ4v) is 2.09. The summed E-state index contributed by atoms with van der Waals surface area (Å²) in [6, 6.07) is 0.328. The van der Waals surface area contributed by atoms with Gasteiger partial charge in [0, 0.05) is 19.1 Å². The lowest BCUT2D eigenvalue weighted by Crippen LogP contribution is -2.38. The monoisotopic (exact) mass is 228 g/mol. The van der Waals surface area contributed by atoms with Gasteiger partial charge in [0.25, 0.3) is 0 Å². The van der Waals surface area contributed by atoms with Crippen LogP contribution in [0.2, 0.25) is 0 Å². The molecule has 1 aromatic heterocycles. The number of hydrogen-bond donors (Lipinski definition) is 1. The molecule has 0 amide bonds. The number of aromatic nitrogens is 3. The summed E-state index contributed by atoms with van der Waals surface area (Å²) in [7, 11) is 0. The maximum absolute atomic E-state index is 5.31. The highest BCUT2D eigenvalue weighted by Crippen LogP contribution is 2.18. The molecule has 15 heavy (non-hydrogen) atoms. The molecule has 84 valence electrons. The number of rotatable bonds is 2. The van der Waals surface area contributed by atoms with Crippen LogP contribution in [0.15, 0.2) is 0 Å². The Kier molecular flexibility index (Phi) is 3.06. The van der Waals surface area contributed by atoms with Gasteiger partial charge in [0.15, 0.2) is 4.77 Å². The second kappa shape index (κ2) is 4.32. The number of H-pyrrole nitrogens is 1. The summed E-state index contributed by atoms with van der Waals surface area (Å²) in [6.07, 6.45) is 0. The van der Waals surface area contributed by atoms with Gasteiger partial charge in [-0.3, -0.25) is 4.57 Å². The number of aromatic amines is 1. The molecule has 2 rings (SSSR count). The van der Waals surface area contributed by atoms with Crippen molar-refractivity contribution in [1.29, 1.82) is 0 Å². The van der Waals surface area contributed by atoms with Gasteiger partial charge in [-0.15, -0.1) is 5.10 Å². The van der Waals surface area contributed by atoms with E-state index in [4.69, 9.17) is 17.0 Å². The van der Waals surface area contributed by atoms with Crippen LogP contribution in [0.4, 0.5) is 5.95 Å². The fraction of sp³-hybridized carbons (Fsp3) is 0.778. The normalized spacial score (nSPS) is 17.4. The third kappa shape index (κ3) is 2.05. The predicted molar refractivity (Wildman–Crippen MR) is 60.8 cm³/mol. The Balaban J connectivity index is 2.30. The summed E-state index contributed by atoms with van der Waals surface area (Å²) in [5.74, 6) is 0.929. The SMILES string of the molecule is CC(C)n1c(N2CCOCC2)n[nH]c1=S. The minimum atomic E-state index is 0.328. The van der Waals surface area contributed by atoms with E-state index < -0.39 is 0 Å². The number of hydrogen-bond acceptors (Lipinski definition) is 4. The summed E-state index contributed by atoms with van der Waals surface area (Å²) in [5.41, 5.74) is 0. The van der Waals surface area contributed by atoms with E-state index in [0.717, 1.165) is 32.3 Å². The van der Waals surface area contributed by atoms with Crippen LogP contribution >= 0.6 is 12.2 Å². The van der Waals surface area contributed by atoms with Crippen LogP contribution in [0.5, 0.6) is 0 Å². The summed E-state index contributed by atoms with van der Waals surface area (Å²) in [5, 5.41) is 7.13. The molecular weight excluding hydrogens is 212 g/mol. The molecule has 0 saturated carbocycles. The molecule has 1 saturated heterocycles. The second-order valence-electron chi connectivity index (χ2n) is 3.89. The van der Waals surface area contributed by atoms with Crippen molar-refractivity contribution in [1.82, 2.24) is 14.8 Å². The van der Waals surface area contributed by atoms with Crippen molar-refractivity contribution in [2.45, 2.75) is 19.9 Å². The average Bonchev–Trinajstić information content (AvgIpc) is 2.61. The molecule has 0 spiro atoms. The topological polar surface area (TPSA) is 46.1 Å². The molecule has 1 aliphatic rings. The Bertz CT molecular complexity index is 378. The zero-order valence-electron chi connectivity index (χ0n) is 9.06. The van der Waals surface area contributed by atoms with E-state index in [2.05, 4.69) is 28.9 Å². The molecule has 1 aromatic rings. The molecule has 5 nitrogen and oxygen atoms in total. The lowest BCUT2D eigenvalue weighted by Gasteiger charge is -2.28. The first-order valence-electron chi connectivity index (χ1n) is 5.19. The lowest BCUT2D eigenvalue weighted by atomic mass is 10.4. The van der Waals surface area contributed by atoms with Gasteiger partial charge in [-0.25, -0.2) is 5.10 Å². The van der Waals surface area contributed by atoms with Crippen molar-refractivity contribution in [3.63, 3.8) is 0 Å². The standard InChI is InChI=1S/C9H16N4OS/c1-7(2)13-8(10-11-9(13)15)12-3-5-14-6-4-12/h7H,3-6H2,1-2H3,(H,11,15). The number of nitrogens with zero attached hydrogens (tertiary/aromatic N) is 3. The lowest BCUT2D eigenvalue weighted by molar-refractivity contribution is 0.121. The van der Waals surface area contributed by atoms with Gasteiger partial charge >= 0.3 is 0 Å². The van der Waals surface area contributed by atoms with Crippen LogP contribution in [0.1, 0.15) is 19.9 Å². The summed E-state index contributed by atoms with van der Waals surface area (Å²) in [6.45, 7) is 7.50. The highest BCUT2D eigenvalue weighted by atomic mass is 32.1. The zero-order chi connectivity index (χ0) is 10.8. The summed E-state index contributed by atoms with van der Waals surface area (Å²) < 4.78 is 8.04. The quantitative estimate of drug-likeness (QED) is 0.776. The van der Waals surface area contributed by atoms with Crippen LogP contribution in [-0.4, -0.2) is 41.1 Å². The fourth-order valence-electron chi connectivity index (χ4n) is 1.75. The number of morpholine rings is 1. The molecule has 1 fully saturated rings. The molecule has 2 heterocycles. The molecule has 1 N–H and O–H groups in total. The van der Waals surface area contributed by atoms with E-state index in [-0.39, 0.29) is 0 Å². The maximum Gasteiger partial charge on any atom is 0.226 e. The minimum Gasteiger partial charge on any atom is -0.378 e. The predicted octanol–water partition coefficient (Wildman–Crippen LogP) is 1.36.